The zero-order valence-electron chi connectivity index (χ0n) is 22.3. The highest BCUT2D eigenvalue weighted by atomic mass is 32.2. The second-order valence-corrected chi connectivity index (χ2v) is 10.7. The molecule has 1 atom stereocenters. The van der Waals surface area contributed by atoms with Gasteiger partial charge in [0.15, 0.2) is 0 Å². The fourth-order valence-corrected chi connectivity index (χ4v) is 5.52. The van der Waals surface area contributed by atoms with E-state index in [1.54, 1.807) is 36.4 Å². The zero-order chi connectivity index (χ0) is 27.7. The molecule has 0 saturated heterocycles. The first-order valence-corrected chi connectivity index (χ1v) is 14.0. The minimum absolute atomic E-state index is 0.0668. The highest BCUT2D eigenvalue weighted by molar-refractivity contribution is 7.92. The molecule has 0 bridgehead atoms. The van der Waals surface area contributed by atoms with E-state index < -0.39 is 28.5 Å². The number of ether oxygens (including phenoxy) is 1. The molecule has 0 spiro atoms. The quantitative estimate of drug-likeness (QED) is 0.375. The molecule has 0 saturated carbocycles. The lowest BCUT2D eigenvalue weighted by Gasteiger charge is -2.33. The van der Waals surface area contributed by atoms with Crippen LogP contribution in [0.3, 0.4) is 0 Å². The van der Waals surface area contributed by atoms with E-state index in [4.69, 9.17) is 4.74 Å². The molecule has 0 radical (unpaired) electrons. The normalized spacial score (nSPS) is 11.9. The molecule has 0 aliphatic heterocycles. The van der Waals surface area contributed by atoms with Gasteiger partial charge in [0.1, 0.15) is 18.3 Å². The monoisotopic (exact) mass is 537 g/mol. The van der Waals surface area contributed by atoms with Crippen LogP contribution in [0.5, 0.6) is 5.75 Å². The van der Waals surface area contributed by atoms with Crippen molar-refractivity contribution in [1.29, 1.82) is 0 Å². The molecular formula is C29H35N3O5S. The maximum Gasteiger partial charge on any atom is 0.264 e. The number of methoxy groups -OCH3 is 1. The standard InChI is InChI=1S/C29H35N3O5S/c1-5-27(29(34)30-6-2)31(20-23-10-8-7-9-11-23)28(33)21-32(24-14-16-25(37-4)17-15-24)38(35,36)26-18-12-22(3)13-19-26/h7-19,27H,5-6,20-21H2,1-4H3,(H,30,34)/t27-/m1/s1. The van der Waals surface area contributed by atoms with Gasteiger partial charge in [0.2, 0.25) is 11.8 Å². The number of nitrogens with zero attached hydrogens (tertiary/aromatic N) is 2. The summed E-state index contributed by atoms with van der Waals surface area (Å²) < 4.78 is 34.0. The second kappa shape index (κ2) is 13.1. The molecule has 0 heterocycles. The summed E-state index contributed by atoms with van der Waals surface area (Å²) in [5.74, 6) is -0.212. The summed E-state index contributed by atoms with van der Waals surface area (Å²) in [5.41, 5.74) is 2.06. The van der Waals surface area contributed by atoms with Crippen LogP contribution in [0, 0.1) is 6.92 Å². The molecule has 3 aromatic rings. The second-order valence-electron chi connectivity index (χ2n) is 8.85. The maximum absolute atomic E-state index is 13.9. The number of likely N-dealkylation sites (N-methyl/N-ethyl adjacent to an activating group) is 1. The number of carbonyl (C=O) groups excluding carboxylic acids is 2. The Labute approximate surface area is 225 Å². The first kappa shape index (κ1) is 28.7. The predicted octanol–water partition coefficient (Wildman–Crippen LogP) is 4.14. The Morgan fingerprint density at radius 2 is 1.55 bits per heavy atom. The van der Waals surface area contributed by atoms with E-state index in [-0.39, 0.29) is 17.3 Å². The number of amides is 2. The first-order chi connectivity index (χ1) is 18.2. The average molecular weight is 538 g/mol. The number of aryl methyl sites for hydroxylation is 1. The van der Waals surface area contributed by atoms with Crippen LogP contribution in [-0.4, -0.2) is 51.4 Å². The average Bonchev–Trinajstić information content (AvgIpc) is 2.92. The highest BCUT2D eigenvalue weighted by Gasteiger charge is 2.33. The third-order valence-corrected chi connectivity index (χ3v) is 7.97. The van der Waals surface area contributed by atoms with E-state index in [1.165, 1.54) is 24.1 Å². The summed E-state index contributed by atoms with van der Waals surface area (Å²) >= 11 is 0. The van der Waals surface area contributed by atoms with Gasteiger partial charge in [-0.2, -0.15) is 0 Å². The van der Waals surface area contributed by atoms with Gasteiger partial charge < -0.3 is 15.0 Å². The molecule has 2 amide bonds. The molecule has 0 unspecified atom stereocenters. The van der Waals surface area contributed by atoms with Crippen molar-refractivity contribution in [3.63, 3.8) is 0 Å². The number of hydrogen-bond acceptors (Lipinski definition) is 5. The van der Waals surface area contributed by atoms with Crippen LogP contribution in [0.4, 0.5) is 5.69 Å². The van der Waals surface area contributed by atoms with Crippen molar-refractivity contribution in [2.45, 2.75) is 44.7 Å². The van der Waals surface area contributed by atoms with Gasteiger partial charge in [-0.3, -0.25) is 13.9 Å². The molecule has 202 valence electrons. The van der Waals surface area contributed by atoms with Gasteiger partial charge in [-0.05, 0) is 62.2 Å². The molecule has 0 fully saturated rings. The summed E-state index contributed by atoms with van der Waals surface area (Å²) in [5, 5.41) is 2.80. The van der Waals surface area contributed by atoms with Crippen LogP contribution in [0.15, 0.2) is 83.8 Å². The van der Waals surface area contributed by atoms with Crippen molar-refractivity contribution in [3.8, 4) is 5.75 Å². The van der Waals surface area contributed by atoms with Crippen LogP contribution in [-0.2, 0) is 26.2 Å². The van der Waals surface area contributed by atoms with Crippen LogP contribution in [0.1, 0.15) is 31.4 Å². The Hall–Kier alpha value is -3.85. The topological polar surface area (TPSA) is 96.0 Å². The lowest BCUT2D eigenvalue weighted by atomic mass is 10.1. The molecule has 0 aliphatic rings. The number of nitrogens with one attached hydrogen (secondary N) is 1. The summed E-state index contributed by atoms with van der Waals surface area (Å²) in [4.78, 5) is 28.4. The van der Waals surface area contributed by atoms with Gasteiger partial charge in [0.25, 0.3) is 10.0 Å². The van der Waals surface area contributed by atoms with Crippen LogP contribution < -0.4 is 14.4 Å². The van der Waals surface area contributed by atoms with Crippen molar-refractivity contribution < 1.29 is 22.7 Å². The maximum atomic E-state index is 13.9. The minimum atomic E-state index is -4.11. The van der Waals surface area contributed by atoms with E-state index in [0.29, 0.717) is 24.4 Å². The predicted molar refractivity (Wildman–Crippen MR) is 148 cm³/mol. The van der Waals surface area contributed by atoms with Crippen LogP contribution in [0.2, 0.25) is 0 Å². The van der Waals surface area contributed by atoms with Gasteiger partial charge >= 0.3 is 0 Å². The summed E-state index contributed by atoms with van der Waals surface area (Å²) in [7, 11) is -2.59. The van der Waals surface area contributed by atoms with Crippen molar-refractivity contribution in [1.82, 2.24) is 10.2 Å². The van der Waals surface area contributed by atoms with Gasteiger partial charge in [-0.25, -0.2) is 8.42 Å². The number of anilines is 1. The Morgan fingerprint density at radius 1 is 0.921 bits per heavy atom. The largest absolute Gasteiger partial charge is 0.497 e. The fourth-order valence-electron chi connectivity index (χ4n) is 4.11. The van der Waals surface area contributed by atoms with E-state index in [0.717, 1.165) is 15.4 Å². The van der Waals surface area contributed by atoms with Crippen molar-refractivity contribution in [2.75, 3.05) is 24.5 Å². The third-order valence-electron chi connectivity index (χ3n) is 6.18. The summed E-state index contributed by atoms with van der Waals surface area (Å²) in [6, 6.07) is 21.5. The van der Waals surface area contributed by atoms with E-state index in [2.05, 4.69) is 5.32 Å². The highest BCUT2D eigenvalue weighted by Crippen LogP contribution is 2.27. The van der Waals surface area contributed by atoms with Crippen LogP contribution >= 0.6 is 0 Å². The Bertz CT molecular complexity index is 1310. The van der Waals surface area contributed by atoms with Gasteiger partial charge in [0, 0.05) is 13.1 Å². The lowest BCUT2D eigenvalue weighted by Crippen LogP contribution is -2.52. The SMILES string of the molecule is CCNC(=O)[C@@H](CC)N(Cc1ccccc1)C(=O)CN(c1ccc(OC)cc1)S(=O)(=O)c1ccc(C)cc1. The Kier molecular flexibility index (Phi) is 9.90. The number of benzene rings is 3. The van der Waals surface area contributed by atoms with E-state index in [1.807, 2.05) is 51.1 Å². The molecule has 8 nitrogen and oxygen atoms in total. The third kappa shape index (κ3) is 6.92. The van der Waals surface area contributed by atoms with E-state index >= 15 is 0 Å². The smallest absolute Gasteiger partial charge is 0.264 e. The van der Waals surface area contributed by atoms with Crippen molar-refractivity contribution >= 4 is 27.5 Å². The zero-order valence-corrected chi connectivity index (χ0v) is 23.1. The molecule has 0 aromatic heterocycles. The number of carbonyl (C=O) groups is 2. The summed E-state index contributed by atoms with van der Waals surface area (Å²) in [6.07, 6.45) is 0.373. The van der Waals surface area contributed by atoms with Crippen LogP contribution in [0.25, 0.3) is 0 Å². The fraction of sp³-hybridized carbons (Fsp3) is 0.310. The Morgan fingerprint density at radius 3 is 2.11 bits per heavy atom. The van der Waals surface area contributed by atoms with E-state index in [9.17, 15) is 18.0 Å². The number of sulfonamides is 1. The molecule has 9 heteroatoms. The van der Waals surface area contributed by atoms with Gasteiger partial charge in [-0.15, -0.1) is 0 Å². The Balaban J connectivity index is 2.05. The first-order valence-electron chi connectivity index (χ1n) is 12.6. The molecule has 38 heavy (non-hydrogen) atoms. The minimum Gasteiger partial charge on any atom is -0.497 e. The molecule has 3 rings (SSSR count). The molecular weight excluding hydrogens is 502 g/mol. The number of hydrogen-bond donors (Lipinski definition) is 1. The molecule has 1 N–H and O–H groups in total. The lowest BCUT2D eigenvalue weighted by molar-refractivity contribution is -0.140. The van der Waals surface area contributed by atoms with Crippen molar-refractivity contribution in [2.24, 2.45) is 0 Å². The molecule has 3 aromatic carbocycles. The van der Waals surface area contributed by atoms with Gasteiger partial charge in [0.05, 0.1) is 17.7 Å². The van der Waals surface area contributed by atoms with Crippen molar-refractivity contribution in [3.05, 3.63) is 90.0 Å². The number of rotatable bonds is 12. The van der Waals surface area contributed by atoms with Gasteiger partial charge in [-0.1, -0.05) is 55.0 Å². The molecule has 0 aliphatic carbocycles. The summed E-state index contributed by atoms with van der Waals surface area (Å²) in [6.45, 7) is 5.61.